The second kappa shape index (κ2) is 8.63. The Morgan fingerprint density at radius 1 is 1.40 bits per heavy atom. The highest BCUT2D eigenvalue weighted by Gasteiger charge is 2.35. The molecule has 1 aliphatic heterocycles. The molecule has 0 aromatic carbocycles. The number of pyridine rings is 1. The summed E-state index contributed by atoms with van der Waals surface area (Å²) in [6, 6.07) is 3.68. The van der Waals surface area contributed by atoms with E-state index in [2.05, 4.69) is 15.2 Å². The standard InChI is InChI=1S/C19H29N3O3/c1-25-18-7-6-14(13-20-18)19(15-11-16(23)12-15)21-17(24)5-4-10-22-8-2-3-9-22/h6-7,13,15-16,19,23H,2-5,8-12H2,1H3,(H,21,24)/t15?,16?,19-/m1/s1. The lowest BCUT2D eigenvalue weighted by molar-refractivity contribution is -0.123. The van der Waals surface area contributed by atoms with Crippen LogP contribution in [0.2, 0.25) is 0 Å². The molecule has 2 fully saturated rings. The molecule has 2 N–H and O–H groups in total. The van der Waals surface area contributed by atoms with E-state index in [-0.39, 0.29) is 24.0 Å². The van der Waals surface area contributed by atoms with E-state index in [4.69, 9.17) is 4.74 Å². The van der Waals surface area contributed by atoms with Crippen LogP contribution in [0.3, 0.4) is 0 Å². The molecular weight excluding hydrogens is 318 g/mol. The number of methoxy groups -OCH3 is 1. The van der Waals surface area contributed by atoms with Crippen molar-refractivity contribution in [1.82, 2.24) is 15.2 Å². The van der Waals surface area contributed by atoms with Crippen LogP contribution in [-0.4, -0.2) is 53.7 Å². The van der Waals surface area contributed by atoms with Crippen LogP contribution < -0.4 is 10.1 Å². The fraction of sp³-hybridized carbons (Fsp3) is 0.684. The molecule has 0 unspecified atom stereocenters. The van der Waals surface area contributed by atoms with Gasteiger partial charge in [0.1, 0.15) is 0 Å². The zero-order chi connectivity index (χ0) is 17.6. The van der Waals surface area contributed by atoms with Gasteiger partial charge < -0.3 is 20.1 Å². The van der Waals surface area contributed by atoms with Gasteiger partial charge in [0.05, 0.1) is 19.3 Å². The lowest BCUT2D eigenvalue weighted by atomic mass is 9.75. The monoisotopic (exact) mass is 347 g/mol. The van der Waals surface area contributed by atoms with E-state index < -0.39 is 0 Å². The van der Waals surface area contributed by atoms with Crippen molar-refractivity contribution in [3.8, 4) is 5.88 Å². The minimum atomic E-state index is -0.245. The predicted octanol–water partition coefficient (Wildman–Crippen LogP) is 1.89. The number of hydrogen-bond acceptors (Lipinski definition) is 5. The molecule has 25 heavy (non-hydrogen) atoms. The zero-order valence-electron chi connectivity index (χ0n) is 15.0. The summed E-state index contributed by atoms with van der Waals surface area (Å²) in [6.45, 7) is 3.34. The third-order valence-electron chi connectivity index (χ3n) is 5.34. The highest BCUT2D eigenvalue weighted by Crippen LogP contribution is 2.38. The molecule has 2 aliphatic rings. The number of hydrogen-bond donors (Lipinski definition) is 2. The summed E-state index contributed by atoms with van der Waals surface area (Å²) in [5.41, 5.74) is 0.977. The summed E-state index contributed by atoms with van der Waals surface area (Å²) in [5, 5.41) is 12.8. The van der Waals surface area contributed by atoms with Crippen LogP contribution in [0.4, 0.5) is 0 Å². The molecule has 1 saturated carbocycles. The van der Waals surface area contributed by atoms with Gasteiger partial charge >= 0.3 is 0 Å². The first-order chi connectivity index (χ1) is 12.2. The summed E-state index contributed by atoms with van der Waals surface area (Å²) in [4.78, 5) is 19.1. The molecule has 1 atom stereocenters. The topological polar surface area (TPSA) is 74.7 Å². The normalized spacial score (nSPS) is 24.6. The number of aliphatic hydroxyl groups excluding tert-OH is 1. The Balaban J connectivity index is 1.54. The largest absolute Gasteiger partial charge is 0.481 e. The number of carbonyl (C=O) groups is 1. The summed E-state index contributed by atoms with van der Waals surface area (Å²) in [7, 11) is 1.59. The smallest absolute Gasteiger partial charge is 0.220 e. The van der Waals surface area contributed by atoms with E-state index in [1.165, 1.54) is 25.9 Å². The second-order valence-corrected chi connectivity index (χ2v) is 7.22. The number of aromatic nitrogens is 1. The molecule has 2 heterocycles. The van der Waals surface area contributed by atoms with E-state index in [0.29, 0.717) is 12.3 Å². The van der Waals surface area contributed by atoms with Crippen LogP contribution in [0.15, 0.2) is 18.3 Å². The van der Waals surface area contributed by atoms with Crippen molar-refractivity contribution in [3.05, 3.63) is 23.9 Å². The average Bonchev–Trinajstić information content (AvgIpc) is 3.11. The van der Waals surface area contributed by atoms with Crippen molar-refractivity contribution >= 4 is 5.91 Å². The minimum absolute atomic E-state index is 0.0823. The van der Waals surface area contributed by atoms with Crippen molar-refractivity contribution in [1.29, 1.82) is 0 Å². The van der Waals surface area contributed by atoms with Gasteiger partial charge in [-0.2, -0.15) is 0 Å². The van der Waals surface area contributed by atoms with E-state index in [1.54, 1.807) is 13.3 Å². The maximum Gasteiger partial charge on any atom is 0.220 e. The lowest BCUT2D eigenvalue weighted by Gasteiger charge is -2.38. The molecule has 1 saturated heterocycles. The number of amides is 1. The first-order valence-corrected chi connectivity index (χ1v) is 9.35. The number of carbonyl (C=O) groups excluding carboxylic acids is 1. The SMILES string of the molecule is COc1ccc([C@@H](NC(=O)CCCN2CCCC2)C2CC(O)C2)cn1. The van der Waals surface area contributed by atoms with Gasteiger partial charge in [0.2, 0.25) is 11.8 Å². The fourth-order valence-corrected chi connectivity index (χ4v) is 3.79. The Bertz CT molecular complexity index is 552. The summed E-state index contributed by atoms with van der Waals surface area (Å²) in [6.07, 6.45) is 6.98. The molecule has 6 nitrogen and oxygen atoms in total. The van der Waals surface area contributed by atoms with Gasteiger partial charge in [0.25, 0.3) is 0 Å². The predicted molar refractivity (Wildman–Crippen MR) is 95.3 cm³/mol. The van der Waals surface area contributed by atoms with Crippen LogP contribution in [-0.2, 0) is 4.79 Å². The first-order valence-electron chi connectivity index (χ1n) is 9.35. The van der Waals surface area contributed by atoms with Crippen molar-refractivity contribution < 1.29 is 14.6 Å². The van der Waals surface area contributed by atoms with Crippen LogP contribution in [0.1, 0.15) is 50.1 Å². The molecule has 1 aliphatic carbocycles. The second-order valence-electron chi connectivity index (χ2n) is 7.22. The van der Waals surface area contributed by atoms with Gasteiger partial charge in [-0.25, -0.2) is 4.98 Å². The first kappa shape index (κ1) is 18.1. The van der Waals surface area contributed by atoms with Crippen molar-refractivity contribution in [3.63, 3.8) is 0 Å². The Morgan fingerprint density at radius 3 is 2.76 bits per heavy atom. The molecule has 6 heteroatoms. The highest BCUT2D eigenvalue weighted by molar-refractivity contribution is 5.76. The number of nitrogens with zero attached hydrogens (tertiary/aromatic N) is 2. The van der Waals surface area contributed by atoms with E-state index in [9.17, 15) is 9.90 Å². The molecule has 0 spiro atoms. The number of ether oxygens (including phenoxy) is 1. The lowest BCUT2D eigenvalue weighted by Crippen LogP contribution is -2.41. The van der Waals surface area contributed by atoms with Gasteiger partial charge in [0, 0.05) is 18.7 Å². The van der Waals surface area contributed by atoms with Gasteiger partial charge in [-0.3, -0.25) is 4.79 Å². The van der Waals surface area contributed by atoms with E-state index in [0.717, 1.165) is 31.4 Å². The molecule has 0 radical (unpaired) electrons. The Labute approximate surface area is 149 Å². The molecular formula is C19H29N3O3. The number of likely N-dealkylation sites (tertiary alicyclic amines) is 1. The van der Waals surface area contributed by atoms with Gasteiger partial charge in [-0.05, 0) is 63.2 Å². The zero-order valence-corrected chi connectivity index (χ0v) is 15.0. The van der Waals surface area contributed by atoms with Crippen LogP contribution >= 0.6 is 0 Å². The Kier molecular flexibility index (Phi) is 6.26. The van der Waals surface area contributed by atoms with Crippen molar-refractivity contribution in [2.75, 3.05) is 26.7 Å². The summed E-state index contributed by atoms with van der Waals surface area (Å²) >= 11 is 0. The molecule has 3 rings (SSSR count). The average molecular weight is 347 g/mol. The molecule has 0 bridgehead atoms. The van der Waals surface area contributed by atoms with Gasteiger partial charge in [-0.1, -0.05) is 6.07 Å². The Hall–Kier alpha value is -1.66. The molecule has 1 aromatic heterocycles. The minimum Gasteiger partial charge on any atom is -0.481 e. The summed E-state index contributed by atoms with van der Waals surface area (Å²) < 4.78 is 5.11. The van der Waals surface area contributed by atoms with E-state index in [1.807, 2.05) is 12.1 Å². The third-order valence-corrected chi connectivity index (χ3v) is 5.34. The maximum absolute atomic E-state index is 12.4. The quantitative estimate of drug-likeness (QED) is 0.751. The van der Waals surface area contributed by atoms with Crippen LogP contribution in [0, 0.1) is 5.92 Å². The van der Waals surface area contributed by atoms with Crippen molar-refractivity contribution in [2.24, 2.45) is 5.92 Å². The third kappa shape index (κ3) is 4.92. The number of aliphatic hydroxyl groups is 1. The molecule has 138 valence electrons. The van der Waals surface area contributed by atoms with Gasteiger partial charge in [0.15, 0.2) is 0 Å². The number of rotatable bonds is 8. The fourth-order valence-electron chi connectivity index (χ4n) is 3.79. The van der Waals surface area contributed by atoms with Gasteiger partial charge in [-0.15, -0.1) is 0 Å². The van der Waals surface area contributed by atoms with E-state index >= 15 is 0 Å². The Morgan fingerprint density at radius 2 is 2.16 bits per heavy atom. The van der Waals surface area contributed by atoms with Crippen LogP contribution in [0.25, 0.3) is 0 Å². The number of nitrogens with one attached hydrogen (secondary N) is 1. The van der Waals surface area contributed by atoms with Crippen molar-refractivity contribution in [2.45, 2.75) is 50.7 Å². The summed E-state index contributed by atoms with van der Waals surface area (Å²) in [5.74, 6) is 0.919. The van der Waals surface area contributed by atoms with Crippen LogP contribution in [0.5, 0.6) is 5.88 Å². The molecule has 1 aromatic rings. The maximum atomic E-state index is 12.4. The molecule has 1 amide bonds. The highest BCUT2D eigenvalue weighted by atomic mass is 16.5.